The fourth-order valence-electron chi connectivity index (χ4n) is 0. The summed E-state index contributed by atoms with van der Waals surface area (Å²) in [5, 5.41) is 8.21. The van der Waals surface area contributed by atoms with Crippen LogP contribution in [0.2, 0.25) is 0 Å². The molecule has 6 heteroatoms. The Bertz CT molecular complexity index is 94.7. The molecule has 0 aromatic rings. The van der Waals surface area contributed by atoms with Crippen LogP contribution in [0.3, 0.4) is 0 Å². The summed E-state index contributed by atoms with van der Waals surface area (Å²) < 4.78 is 18.4. The van der Waals surface area contributed by atoms with E-state index in [1.165, 1.54) is 0 Å². The van der Waals surface area contributed by atoms with E-state index in [-0.39, 0.29) is 12.4 Å². The number of rotatable bonds is 0. The van der Waals surface area contributed by atoms with E-state index < -0.39 is 10.2 Å². The highest BCUT2D eigenvalue weighted by atomic mass is 35.5. The molecular formula is H5ClN2O2S. The summed E-state index contributed by atoms with van der Waals surface area (Å²) in [7, 11) is -3.67. The van der Waals surface area contributed by atoms with Crippen molar-refractivity contribution in [3.8, 4) is 0 Å². The van der Waals surface area contributed by atoms with Crippen LogP contribution in [0.5, 0.6) is 0 Å². The molecule has 0 atom stereocenters. The lowest BCUT2D eigenvalue weighted by atomic mass is 13.9. The van der Waals surface area contributed by atoms with Crippen LogP contribution in [0.15, 0.2) is 0 Å². The first kappa shape index (κ1) is 9.48. The summed E-state index contributed by atoms with van der Waals surface area (Å²) in [6.45, 7) is 0. The second-order valence-corrected chi connectivity index (χ2v) is 1.77. The van der Waals surface area contributed by atoms with Gasteiger partial charge in [0.25, 0.3) is 10.2 Å². The van der Waals surface area contributed by atoms with E-state index in [1.807, 2.05) is 0 Å². The molecule has 0 spiro atoms. The zero-order valence-corrected chi connectivity index (χ0v) is 4.42. The molecule has 0 aromatic carbocycles. The Kier molecular flexibility index (Phi) is 3.72. The lowest BCUT2D eigenvalue weighted by molar-refractivity contribution is 0.599. The molecule has 0 amide bonds. The van der Waals surface area contributed by atoms with Crippen molar-refractivity contribution in [2.45, 2.75) is 0 Å². The maximum absolute atomic E-state index is 9.19. The Morgan fingerprint density at radius 1 is 1.17 bits per heavy atom. The van der Waals surface area contributed by atoms with Crippen molar-refractivity contribution in [1.82, 2.24) is 0 Å². The van der Waals surface area contributed by atoms with Crippen molar-refractivity contribution in [1.29, 1.82) is 0 Å². The highest BCUT2D eigenvalue weighted by Crippen LogP contribution is 1.40. The van der Waals surface area contributed by atoms with Gasteiger partial charge in [0.15, 0.2) is 0 Å². The van der Waals surface area contributed by atoms with Gasteiger partial charge in [0.2, 0.25) is 0 Å². The third-order valence-electron chi connectivity index (χ3n) is 0. The van der Waals surface area contributed by atoms with Crippen molar-refractivity contribution in [3.63, 3.8) is 0 Å². The monoisotopic (exact) mass is 132 g/mol. The largest absolute Gasteiger partial charge is 0.271 e. The van der Waals surface area contributed by atoms with Gasteiger partial charge in [-0.25, -0.2) is 10.3 Å². The van der Waals surface area contributed by atoms with Crippen LogP contribution in [0.25, 0.3) is 0 Å². The van der Waals surface area contributed by atoms with E-state index >= 15 is 0 Å². The van der Waals surface area contributed by atoms with Gasteiger partial charge >= 0.3 is 0 Å². The summed E-state index contributed by atoms with van der Waals surface area (Å²) in [4.78, 5) is 0. The lowest BCUT2D eigenvalue weighted by Gasteiger charge is -1.72. The first-order valence-electron chi connectivity index (χ1n) is 0.805. The van der Waals surface area contributed by atoms with Crippen LogP contribution in [0, 0.1) is 0 Å². The van der Waals surface area contributed by atoms with E-state index in [4.69, 9.17) is 0 Å². The third-order valence-corrected chi connectivity index (χ3v) is 0. The first-order valence-corrected chi connectivity index (χ1v) is 2.41. The second-order valence-electron chi connectivity index (χ2n) is 0.589. The van der Waals surface area contributed by atoms with Gasteiger partial charge in [-0.1, -0.05) is 0 Å². The molecule has 0 aliphatic carbocycles. The van der Waals surface area contributed by atoms with Crippen LogP contribution >= 0.6 is 12.4 Å². The number of hydrogen-bond acceptors (Lipinski definition) is 2. The lowest BCUT2D eigenvalue weighted by Crippen LogP contribution is -2.21. The molecule has 0 saturated carbocycles. The zero-order valence-electron chi connectivity index (χ0n) is 2.79. The zero-order chi connectivity index (χ0) is 4.50. The SMILES string of the molecule is Cl.NS(N)(=O)=O. The molecule has 40 valence electrons. The summed E-state index contributed by atoms with van der Waals surface area (Å²) in [6, 6.07) is 0. The predicted molar refractivity (Wildman–Crippen MR) is 24.5 cm³/mol. The van der Waals surface area contributed by atoms with Crippen LogP contribution < -0.4 is 10.3 Å². The molecule has 0 aliphatic rings. The highest BCUT2D eigenvalue weighted by Gasteiger charge is 1.78. The Labute approximate surface area is 42.1 Å². The summed E-state index contributed by atoms with van der Waals surface area (Å²) in [5.41, 5.74) is 0. The normalized spacial score (nSPS) is 9.67. The smallest absolute Gasteiger partial charge is 0.216 e. The van der Waals surface area contributed by atoms with Gasteiger partial charge in [-0.05, 0) is 0 Å². The minimum Gasteiger partial charge on any atom is -0.216 e. The van der Waals surface area contributed by atoms with Crippen molar-refractivity contribution in [2.24, 2.45) is 10.3 Å². The van der Waals surface area contributed by atoms with E-state index in [0.29, 0.717) is 0 Å². The molecule has 0 rings (SSSR count). The summed E-state index contributed by atoms with van der Waals surface area (Å²) in [6.07, 6.45) is 0. The maximum Gasteiger partial charge on any atom is 0.271 e. The second kappa shape index (κ2) is 2.35. The Morgan fingerprint density at radius 3 is 1.17 bits per heavy atom. The van der Waals surface area contributed by atoms with Crippen LogP contribution in [-0.2, 0) is 10.2 Å². The first-order chi connectivity index (χ1) is 2.00. The van der Waals surface area contributed by atoms with Gasteiger partial charge in [-0.2, -0.15) is 8.42 Å². The van der Waals surface area contributed by atoms with Crippen LogP contribution in [-0.4, -0.2) is 8.42 Å². The fraction of sp³-hybridized carbons (Fsp3) is 0. The van der Waals surface area contributed by atoms with Crippen molar-refractivity contribution in [3.05, 3.63) is 0 Å². The minimum absolute atomic E-state index is 0. The maximum atomic E-state index is 9.19. The Balaban J connectivity index is 0. The minimum atomic E-state index is -3.67. The van der Waals surface area contributed by atoms with Gasteiger partial charge in [0, 0.05) is 0 Å². The molecule has 0 bridgehead atoms. The molecule has 0 radical (unpaired) electrons. The molecule has 4 nitrogen and oxygen atoms in total. The van der Waals surface area contributed by atoms with E-state index in [1.54, 1.807) is 0 Å². The Morgan fingerprint density at radius 2 is 1.17 bits per heavy atom. The van der Waals surface area contributed by atoms with Gasteiger partial charge < -0.3 is 0 Å². The highest BCUT2D eigenvalue weighted by molar-refractivity contribution is 7.86. The van der Waals surface area contributed by atoms with Crippen molar-refractivity contribution >= 4 is 22.6 Å². The molecule has 0 saturated heterocycles. The molecule has 4 N–H and O–H groups in total. The molecule has 0 fully saturated rings. The number of nitrogens with two attached hydrogens (primary N) is 2. The third kappa shape index (κ3) is 1620. The van der Waals surface area contributed by atoms with E-state index in [0.717, 1.165) is 0 Å². The molecule has 0 unspecified atom stereocenters. The summed E-state index contributed by atoms with van der Waals surface area (Å²) >= 11 is 0. The summed E-state index contributed by atoms with van der Waals surface area (Å²) in [5.74, 6) is 0. The van der Waals surface area contributed by atoms with Crippen LogP contribution in [0.4, 0.5) is 0 Å². The van der Waals surface area contributed by atoms with Gasteiger partial charge in [0.05, 0.1) is 0 Å². The molecule has 0 aromatic heterocycles. The molecule has 6 heavy (non-hydrogen) atoms. The number of halogens is 1. The van der Waals surface area contributed by atoms with Crippen LogP contribution in [0.1, 0.15) is 0 Å². The predicted octanol–water partition coefficient (Wildman–Crippen LogP) is -1.43. The molecule has 0 heterocycles. The standard InChI is InChI=1S/ClH.H4N2O2S/c;1-5(2,3)4/h1H;(H4,1,2,3,4). The molecule has 0 aliphatic heterocycles. The average Bonchev–Trinajstić information content (AvgIpc) is 0.722. The number of hydrogen-bond donors (Lipinski definition) is 2. The van der Waals surface area contributed by atoms with Crippen molar-refractivity contribution < 1.29 is 8.42 Å². The van der Waals surface area contributed by atoms with Gasteiger partial charge in [-0.15, -0.1) is 12.4 Å². The van der Waals surface area contributed by atoms with E-state index in [9.17, 15) is 8.42 Å². The van der Waals surface area contributed by atoms with Crippen molar-refractivity contribution in [2.75, 3.05) is 0 Å². The average molecular weight is 133 g/mol. The quantitative estimate of drug-likeness (QED) is 0.424. The Hall–Kier alpha value is 0.160. The van der Waals surface area contributed by atoms with Gasteiger partial charge in [-0.3, -0.25) is 0 Å². The van der Waals surface area contributed by atoms with E-state index in [2.05, 4.69) is 10.3 Å². The molecular weight excluding hydrogens is 128 g/mol. The fourth-order valence-corrected chi connectivity index (χ4v) is 0. The topological polar surface area (TPSA) is 86.2 Å². The van der Waals surface area contributed by atoms with Gasteiger partial charge in [0.1, 0.15) is 0 Å².